The van der Waals surface area contributed by atoms with Gasteiger partial charge < -0.3 is 10.1 Å². The first kappa shape index (κ1) is 15.3. The number of hydrogen-bond donors (Lipinski definition) is 1. The van der Waals surface area contributed by atoms with Crippen LogP contribution in [0.3, 0.4) is 0 Å². The molecule has 20 heavy (non-hydrogen) atoms. The van der Waals surface area contributed by atoms with Crippen LogP contribution in [0.5, 0.6) is 0 Å². The van der Waals surface area contributed by atoms with Crippen molar-refractivity contribution >= 4 is 17.7 Å². The molecule has 1 aromatic rings. The summed E-state index contributed by atoms with van der Waals surface area (Å²) in [5, 5.41) is 4.27. The van der Waals surface area contributed by atoms with Crippen molar-refractivity contribution in [2.45, 2.75) is 36.2 Å². The maximum Gasteiger partial charge on any atom is 0.326 e. The Morgan fingerprint density at radius 3 is 3.10 bits per heavy atom. The van der Waals surface area contributed by atoms with E-state index in [9.17, 15) is 4.79 Å². The van der Waals surface area contributed by atoms with Crippen LogP contribution in [0.1, 0.15) is 25.7 Å². The number of pyridine rings is 1. The van der Waals surface area contributed by atoms with Crippen molar-refractivity contribution in [1.29, 1.82) is 0 Å². The van der Waals surface area contributed by atoms with Gasteiger partial charge in [-0.05, 0) is 50.1 Å². The molecule has 0 aromatic carbocycles. The number of ether oxygens (including phenoxy) is 1. The summed E-state index contributed by atoms with van der Waals surface area (Å²) in [7, 11) is 3.33. The Kier molecular flexibility index (Phi) is 5.43. The highest BCUT2D eigenvalue weighted by Gasteiger charge is 2.48. The number of carbonyl (C=O) groups is 1. The topological polar surface area (TPSA) is 51.2 Å². The molecule has 110 valence electrons. The van der Waals surface area contributed by atoms with Crippen molar-refractivity contribution < 1.29 is 9.53 Å². The van der Waals surface area contributed by atoms with Crippen molar-refractivity contribution in [2.75, 3.05) is 19.9 Å². The highest BCUT2D eigenvalue weighted by molar-refractivity contribution is 7.99. The molecule has 2 rings (SSSR count). The van der Waals surface area contributed by atoms with Gasteiger partial charge in [-0.2, -0.15) is 0 Å². The lowest BCUT2D eigenvalue weighted by Gasteiger charge is -2.32. The second kappa shape index (κ2) is 7.09. The van der Waals surface area contributed by atoms with E-state index < -0.39 is 5.54 Å². The number of esters is 1. The predicted octanol–water partition coefficient (Wildman–Crippen LogP) is 2.50. The van der Waals surface area contributed by atoms with Gasteiger partial charge in [-0.15, -0.1) is 11.8 Å². The van der Waals surface area contributed by atoms with Crippen LogP contribution in [0.4, 0.5) is 0 Å². The van der Waals surface area contributed by atoms with E-state index in [1.807, 2.05) is 31.4 Å². The molecule has 0 aliphatic heterocycles. The van der Waals surface area contributed by atoms with Crippen molar-refractivity contribution in [1.82, 2.24) is 10.3 Å². The molecule has 1 heterocycles. The van der Waals surface area contributed by atoms with Crippen LogP contribution in [-0.4, -0.2) is 36.4 Å². The summed E-state index contributed by atoms with van der Waals surface area (Å²) >= 11 is 1.75. The molecule has 0 bridgehead atoms. The molecule has 1 fully saturated rings. The van der Waals surface area contributed by atoms with Crippen LogP contribution in [0.25, 0.3) is 0 Å². The van der Waals surface area contributed by atoms with E-state index in [1.165, 1.54) is 7.11 Å². The first-order valence-electron chi connectivity index (χ1n) is 7.04. The minimum absolute atomic E-state index is 0.120. The smallest absolute Gasteiger partial charge is 0.326 e. The normalized spacial score (nSPS) is 25.6. The molecule has 4 nitrogen and oxygen atoms in total. The van der Waals surface area contributed by atoms with Crippen LogP contribution in [-0.2, 0) is 9.53 Å². The Labute approximate surface area is 124 Å². The number of carbonyl (C=O) groups excluding carboxylic acids is 1. The molecule has 0 saturated heterocycles. The van der Waals surface area contributed by atoms with Crippen LogP contribution in [0.15, 0.2) is 29.4 Å². The van der Waals surface area contributed by atoms with E-state index >= 15 is 0 Å². The summed E-state index contributed by atoms with van der Waals surface area (Å²) in [6, 6.07) is 5.94. The Morgan fingerprint density at radius 1 is 1.60 bits per heavy atom. The molecule has 1 aliphatic carbocycles. The number of rotatable bonds is 6. The van der Waals surface area contributed by atoms with E-state index in [-0.39, 0.29) is 5.97 Å². The molecular weight excluding hydrogens is 272 g/mol. The molecule has 0 radical (unpaired) electrons. The van der Waals surface area contributed by atoms with E-state index in [2.05, 4.69) is 10.3 Å². The molecule has 1 aliphatic rings. The molecule has 0 spiro atoms. The summed E-state index contributed by atoms with van der Waals surface area (Å²) in [4.78, 5) is 16.4. The zero-order valence-electron chi connectivity index (χ0n) is 12.1. The monoisotopic (exact) mass is 294 g/mol. The minimum atomic E-state index is -0.487. The zero-order chi connectivity index (χ0) is 14.4. The van der Waals surface area contributed by atoms with E-state index in [0.29, 0.717) is 5.92 Å². The van der Waals surface area contributed by atoms with Gasteiger partial charge in [0.2, 0.25) is 0 Å². The number of hydrogen-bond acceptors (Lipinski definition) is 5. The summed E-state index contributed by atoms with van der Waals surface area (Å²) in [6.45, 7) is 0. The largest absolute Gasteiger partial charge is 0.468 e. The van der Waals surface area contributed by atoms with Crippen molar-refractivity contribution in [3.05, 3.63) is 24.4 Å². The standard InChI is InChI=1S/C15H22N2O2S/c1-16-15(14(18)19-2)9-5-6-12(15)8-11-20-13-7-3-4-10-17-13/h3-4,7,10,12,16H,5-6,8-9,11H2,1-2H3. The van der Waals surface area contributed by atoms with Gasteiger partial charge in [0.25, 0.3) is 0 Å². The average Bonchev–Trinajstić information content (AvgIpc) is 2.91. The van der Waals surface area contributed by atoms with Crippen molar-refractivity contribution in [3.8, 4) is 0 Å². The van der Waals surface area contributed by atoms with Crippen LogP contribution in [0.2, 0.25) is 0 Å². The lowest BCUT2D eigenvalue weighted by Crippen LogP contribution is -2.53. The maximum absolute atomic E-state index is 12.1. The van der Waals surface area contributed by atoms with Gasteiger partial charge >= 0.3 is 5.97 Å². The molecule has 0 amide bonds. The summed E-state index contributed by atoms with van der Waals surface area (Å²) < 4.78 is 5.00. The van der Waals surface area contributed by atoms with Crippen LogP contribution < -0.4 is 5.32 Å². The number of aromatic nitrogens is 1. The van der Waals surface area contributed by atoms with Gasteiger partial charge in [0.15, 0.2) is 0 Å². The Bertz CT molecular complexity index is 441. The van der Waals surface area contributed by atoms with Crippen molar-refractivity contribution in [3.63, 3.8) is 0 Å². The zero-order valence-corrected chi connectivity index (χ0v) is 12.9. The van der Waals surface area contributed by atoms with E-state index in [0.717, 1.165) is 36.5 Å². The van der Waals surface area contributed by atoms with Gasteiger partial charge in [-0.3, -0.25) is 4.79 Å². The second-order valence-corrected chi connectivity index (χ2v) is 6.22. The molecule has 2 atom stereocenters. The number of thioether (sulfide) groups is 1. The first-order valence-corrected chi connectivity index (χ1v) is 8.02. The molecule has 1 aromatic heterocycles. The molecule has 2 unspecified atom stereocenters. The van der Waals surface area contributed by atoms with Crippen LogP contribution >= 0.6 is 11.8 Å². The fourth-order valence-corrected chi connectivity index (χ4v) is 4.01. The third-order valence-corrected chi connectivity index (χ3v) is 5.15. The number of nitrogens with zero attached hydrogens (tertiary/aromatic N) is 1. The number of likely N-dealkylation sites (N-methyl/N-ethyl adjacent to an activating group) is 1. The molecule has 1 saturated carbocycles. The fourth-order valence-electron chi connectivity index (χ4n) is 3.09. The SMILES string of the molecule is CNC1(C(=O)OC)CCCC1CCSc1ccccn1. The fraction of sp³-hybridized carbons (Fsp3) is 0.600. The summed E-state index contributed by atoms with van der Waals surface area (Å²) in [6.07, 6.45) is 5.84. The van der Waals surface area contributed by atoms with Gasteiger partial charge in [0, 0.05) is 6.20 Å². The van der Waals surface area contributed by atoms with E-state index in [1.54, 1.807) is 11.8 Å². The summed E-state index contributed by atoms with van der Waals surface area (Å²) in [5.74, 6) is 1.20. The molecule has 1 N–H and O–H groups in total. The van der Waals surface area contributed by atoms with Gasteiger partial charge in [0.1, 0.15) is 5.54 Å². The van der Waals surface area contributed by atoms with Gasteiger partial charge in [0.05, 0.1) is 12.1 Å². The van der Waals surface area contributed by atoms with Gasteiger partial charge in [-0.25, -0.2) is 4.98 Å². The quantitative estimate of drug-likeness (QED) is 0.645. The minimum Gasteiger partial charge on any atom is -0.468 e. The number of methoxy groups -OCH3 is 1. The highest BCUT2D eigenvalue weighted by Crippen LogP contribution is 2.39. The van der Waals surface area contributed by atoms with Gasteiger partial charge in [-0.1, -0.05) is 12.5 Å². The third-order valence-electron chi connectivity index (χ3n) is 4.17. The highest BCUT2D eigenvalue weighted by atomic mass is 32.2. The maximum atomic E-state index is 12.1. The lowest BCUT2D eigenvalue weighted by molar-refractivity contribution is -0.150. The second-order valence-electron chi connectivity index (χ2n) is 5.11. The average molecular weight is 294 g/mol. The Morgan fingerprint density at radius 2 is 2.45 bits per heavy atom. The Hall–Kier alpha value is -1.07. The summed E-state index contributed by atoms with van der Waals surface area (Å²) in [5.41, 5.74) is -0.487. The number of nitrogens with one attached hydrogen (secondary N) is 1. The predicted molar refractivity (Wildman–Crippen MR) is 80.7 cm³/mol. The van der Waals surface area contributed by atoms with Crippen molar-refractivity contribution in [2.24, 2.45) is 5.92 Å². The Balaban J connectivity index is 1.92. The van der Waals surface area contributed by atoms with Crippen LogP contribution in [0, 0.1) is 5.92 Å². The third kappa shape index (κ3) is 3.15. The first-order chi connectivity index (χ1) is 9.73. The molecular formula is C15H22N2O2S. The molecule has 5 heteroatoms. The lowest BCUT2D eigenvalue weighted by atomic mass is 9.85. The van der Waals surface area contributed by atoms with E-state index in [4.69, 9.17) is 4.74 Å².